The van der Waals surface area contributed by atoms with E-state index in [0.29, 0.717) is 28.0 Å². The molecule has 2 aliphatic heterocycles. The molecule has 0 bridgehead atoms. The molecule has 0 spiro atoms. The minimum Gasteiger partial charge on any atom is -0.342 e. The Kier molecular flexibility index (Phi) is 4.82. The Bertz CT molecular complexity index is 1010. The number of carbonyl (C=O) groups excluding carboxylic acids is 1. The number of halogens is 1. The van der Waals surface area contributed by atoms with Crippen molar-refractivity contribution in [3.63, 3.8) is 0 Å². The van der Waals surface area contributed by atoms with Gasteiger partial charge in [0.1, 0.15) is 11.7 Å². The van der Waals surface area contributed by atoms with Crippen LogP contribution in [-0.2, 0) is 4.79 Å². The number of nitriles is 1. The fourth-order valence-electron chi connectivity index (χ4n) is 4.06. The largest absolute Gasteiger partial charge is 0.342 e. The molecule has 28 heavy (non-hydrogen) atoms. The number of hydrogen-bond acceptors (Lipinski definition) is 5. The van der Waals surface area contributed by atoms with E-state index >= 15 is 0 Å². The summed E-state index contributed by atoms with van der Waals surface area (Å²) in [6.07, 6.45) is 2.17. The number of rotatable bonds is 2. The Labute approximate surface area is 167 Å². The van der Waals surface area contributed by atoms with Gasteiger partial charge in [0.15, 0.2) is 0 Å². The second-order valence-electron chi connectivity index (χ2n) is 7.47. The van der Waals surface area contributed by atoms with Crippen molar-refractivity contribution in [1.82, 2.24) is 9.97 Å². The summed E-state index contributed by atoms with van der Waals surface area (Å²) in [6, 6.07) is 8.87. The van der Waals surface area contributed by atoms with Crippen LogP contribution in [0.3, 0.4) is 0 Å². The van der Waals surface area contributed by atoms with Crippen LogP contribution in [-0.4, -0.2) is 29.0 Å². The van der Waals surface area contributed by atoms with E-state index in [4.69, 9.17) is 11.6 Å². The molecule has 1 aromatic carbocycles. The summed E-state index contributed by atoms with van der Waals surface area (Å²) in [5, 5.41) is 12.8. The van der Waals surface area contributed by atoms with Crippen molar-refractivity contribution in [2.24, 2.45) is 11.8 Å². The van der Waals surface area contributed by atoms with Crippen LogP contribution in [0.4, 0.5) is 11.8 Å². The lowest BCUT2D eigenvalue weighted by molar-refractivity contribution is -0.119. The van der Waals surface area contributed by atoms with Gasteiger partial charge in [0.05, 0.1) is 11.6 Å². The van der Waals surface area contributed by atoms with Gasteiger partial charge in [-0.2, -0.15) is 10.2 Å². The lowest BCUT2D eigenvalue weighted by Gasteiger charge is -2.33. The zero-order valence-electron chi connectivity index (χ0n) is 15.4. The Hall–Kier alpha value is -2.85. The molecule has 0 radical (unpaired) electrons. The highest BCUT2D eigenvalue weighted by atomic mass is 35.5. The maximum atomic E-state index is 13.0. The quantitative estimate of drug-likeness (QED) is 0.811. The van der Waals surface area contributed by atoms with Crippen molar-refractivity contribution in [2.45, 2.75) is 25.7 Å². The third-order valence-electron chi connectivity index (χ3n) is 5.44. The van der Waals surface area contributed by atoms with E-state index in [1.54, 1.807) is 24.3 Å². The zero-order valence-corrected chi connectivity index (χ0v) is 16.2. The van der Waals surface area contributed by atoms with E-state index in [1.165, 1.54) is 0 Å². The van der Waals surface area contributed by atoms with Crippen LogP contribution in [0, 0.1) is 23.2 Å². The van der Waals surface area contributed by atoms with Crippen LogP contribution < -0.4 is 15.8 Å². The van der Waals surface area contributed by atoms with Crippen molar-refractivity contribution >= 4 is 29.3 Å². The average Bonchev–Trinajstić information content (AvgIpc) is 2.67. The first-order chi connectivity index (χ1) is 13.5. The third kappa shape index (κ3) is 3.25. The van der Waals surface area contributed by atoms with Crippen molar-refractivity contribution in [2.75, 3.05) is 23.3 Å². The summed E-state index contributed by atoms with van der Waals surface area (Å²) >= 11 is 5.97. The standard InChI is InChI=1S/C20H20ClN5O2/c1-11-3-2-8-26(10-11)20-24-17-16(19(28)25-20)15(14(9-22)18(27)23-17)12-4-6-13(21)7-5-12/h4-7,11,14-15H,2-3,8,10H2,1H3,(H2,23,24,25,27,28). The van der Waals surface area contributed by atoms with Gasteiger partial charge < -0.3 is 10.2 Å². The lowest BCUT2D eigenvalue weighted by atomic mass is 9.79. The summed E-state index contributed by atoms with van der Waals surface area (Å²) < 4.78 is 0. The van der Waals surface area contributed by atoms with E-state index < -0.39 is 17.7 Å². The van der Waals surface area contributed by atoms with Gasteiger partial charge in [-0.1, -0.05) is 30.7 Å². The first-order valence-corrected chi connectivity index (χ1v) is 9.71. The molecule has 8 heteroatoms. The van der Waals surface area contributed by atoms with Gasteiger partial charge in [-0.3, -0.25) is 14.6 Å². The molecule has 2 aromatic rings. The fourth-order valence-corrected chi connectivity index (χ4v) is 4.19. The van der Waals surface area contributed by atoms with Crippen LogP contribution in [0.1, 0.15) is 36.8 Å². The highest BCUT2D eigenvalue weighted by Crippen LogP contribution is 2.38. The maximum Gasteiger partial charge on any atom is 0.258 e. The lowest BCUT2D eigenvalue weighted by Crippen LogP contribution is -2.41. The molecule has 0 aliphatic carbocycles. The van der Waals surface area contributed by atoms with Gasteiger partial charge >= 0.3 is 0 Å². The first-order valence-electron chi connectivity index (χ1n) is 9.33. The number of piperidine rings is 1. The van der Waals surface area contributed by atoms with Crippen LogP contribution in [0.25, 0.3) is 0 Å². The number of fused-ring (bicyclic) bond motifs is 1. The van der Waals surface area contributed by atoms with Crippen LogP contribution in [0.2, 0.25) is 5.02 Å². The summed E-state index contributed by atoms with van der Waals surface area (Å²) in [5.41, 5.74) is 0.652. The Morgan fingerprint density at radius 1 is 1.29 bits per heavy atom. The molecule has 2 N–H and O–H groups in total. The molecule has 1 fully saturated rings. The van der Waals surface area contributed by atoms with E-state index in [1.807, 2.05) is 11.0 Å². The van der Waals surface area contributed by atoms with Crippen molar-refractivity contribution in [3.05, 3.63) is 50.8 Å². The monoisotopic (exact) mass is 397 g/mol. The predicted molar refractivity (Wildman–Crippen MR) is 106 cm³/mol. The molecule has 1 amide bonds. The summed E-state index contributed by atoms with van der Waals surface area (Å²) in [4.78, 5) is 35.0. The molecule has 4 rings (SSSR count). The van der Waals surface area contributed by atoms with Gasteiger partial charge in [0.25, 0.3) is 5.56 Å². The van der Waals surface area contributed by atoms with Gasteiger partial charge in [0, 0.05) is 24.0 Å². The van der Waals surface area contributed by atoms with Crippen LogP contribution in [0.15, 0.2) is 29.1 Å². The molecule has 3 heterocycles. The van der Waals surface area contributed by atoms with Gasteiger partial charge in [0.2, 0.25) is 11.9 Å². The average molecular weight is 398 g/mol. The summed E-state index contributed by atoms with van der Waals surface area (Å²) in [6.45, 7) is 3.77. The molecule has 3 atom stereocenters. The van der Waals surface area contributed by atoms with E-state index in [9.17, 15) is 14.9 Å². The minimum atomic E-state index is -1.02. The molecule has 1 saturated heterocycles. The summed E-state index contributed by atoms with van der Waals surface area (Å²) in [5.74, 6) is -0.969. The van der Waals surface area contributed by atoms with Crippen molar-refractivity contribution in [1.29, 1.82) is 5.26 Å². The molecule has 144 valence electrons. The van der Waals surface area contributed by atoms with Crippen LogP contribution >= 0.6 is 11.6 Å². The van der Waals surface area contributed by atoms with Gasteiger partial charge in [-0.15, -0.1) is 0 Å². The molecule has 7 nitrogen and oxygen atoms in total. The van der Waals surface area contributed by atoms with Gasteiger partial charge in [-0.05, 0) is 36.5 Å². The number of nitrogens with one attached hydrogen (secondary N) is 2. The Morgan fingerprint density at radius 2 is 2.04 bits per heavy atom. The number of nitrogens with zero attached hydrogens (tertiary/aromatic N) is 3. The number of carbonyl (C=O) groups is 1. The van der Waals surface area contributed by atoms with E-state index in [-0.39, 0.29) is 11.4 Å². The van der Waals surface area contributed by atoms with Crippen molar-refractivity contribution in [3.8, 4) is 6.07 Å². The summed E-state index contributed by atoms with van der Waals surface area (Å²) in [7, 11) is 0. The van der Waals surface area contributed by atoms with Gasteiger partial charge in [-0.25, -0.2) is 0 Å². The second-order valence-corrected chi connectivity index (χ2v) is 7.91. The Morgan fingerprint density at radius 3 is 2.71 bits per heavy atom. The SMILES string of the molecule is CC1CCCN(c2nc3c(c(=O)[nH]2)C(c2ccc(Cl)cc2)C(C#N)C(=O)N3)C1. The normalized spacial score (nSPS) is 24.2. The molecular formula is C20H20ClN5O2. The number of amides is 1. The molecule has 3 unspecified atom stereocenters. The van der Waals surface area contributed by atoms with Crippen LogP contribution in [0.5, 0.6) is 0 Å². The van der Waals surface area contributed by atoms with E-state index in [2.05, 4.69) is 22.2 Å². The third-order valence-corrected chi connectivity index (χ3v) is 5.69. The fraction of sp³-hybridized carbons (Fsp3) is 0.400. The maximum absolute atomic E-state index is 13.0. The zero-order chi connectivity index (χ0) is 19.8. The highest BCUT2D eigenvalue weighted by molar-refractivity contribution is 6.30. The minimum absolute atomic E-state index is 0.230. The number of anilines is 2. The number of benzene rings is 1. The number of aromatic nitrogens is 2. The predicted octanol–water partition coefficient (Wildman–Crippen LogP) is 2.88. The molecule has 0 saturated carbocycles. The van der Waals surface area contributed by atoms with E-state index in [0.717, 1.165) is 25.9 Å². The molecular weight excluding hydrogens is 378 g/mol. The molecule has 2 aliphatic rings. The Balaban J connectivity index is 1.82. The topological polar surface area (TPSA) is 102 Å². The second kappa shape index (κ2) is 7.28. The molecule has 1 aromatic heterocycles. The highest BCUT2D eigenvalue weighted by Gasteiger charge is 2.40. The number of hydrogen-bond donors (Lipinski definition) is 2. The number of H-pyrrole nitrogens is 1. The first kappa shape index (κ1) is 18.5. The van der Waals surface area contributed by atoms with Crippen molar-refractivity contribution < 1.29 is 4.79 Å². The number of aromatic amines is 1. The smallest absolute Gasteiger partial charge is 0.258 e.